The van der Waals surface area contributed by atoms with Crippen molar-refractivity contribution in [2.45, 2.75) is 18.7 Å². The largest absolute Gasteiger partial charge is 0.276 e. The maximum Gasteiger partial charge on any atom is 0.262 e. The van der Waals surface area contributed by atoms with Crippen LogP contribution in [0.25, 0.3) is 5.69 Å². The first-order valence-electron chi connectivity index (χ1n) is 7.28. The minimum Gasteiger partial charge on any atom is -0.276 e. The van der Waals surface area contributed by atoms with Crippen molar-refractivity contribution >= 4 is 15.7 Å². The molecule has 3 aromatic rings. The lowest BCUT2D eigenvalue weighted by Crippen LogP contribution is -2.14. The van der Waals surface area contributed by atoms with E-state index in [4.69, 9.17) is 0 Å². The van der Waals surface area contributed by atoms with Gasteiger partial charge < -0.3 is 0 Å². The van der Waals surface area contributed by atoms with Gasteiger partial charge in [0.1, 0.15) is 5.82 Å². The monoisotopic (exact) mass is 345 g/mol. The number of aromatic nitrogens is 2. The number of anilines is 1. The lowest BCUT2D eigenvalue weighted by molar-refractivity contribution is 0.599. The molecule has 24 heavy (non-hydrogen) atoms. The van der Waals surface area contributed by atoms with Crippen LogP contribution >= 0.6 is 0 Å². The highest BCUT2D eigenvalue weighted by atomic mass is 32.2. The average Bonchev–Trinajstić information content (AvgIpc) is 2.84. The number of rotatable bonds is 4. The molecular formula is C17H16FN3O2S. The highest BCUT2D eigenvalue weighted by molar-refractivity contribution is 7.92. The molecule has 124 valence electrons. The Morgan fingerprint density at radius 3 is 2.25 bits per heavy atom. The van der Waals surface area contributed by atoms with Gasteiger partial charge in [-0.1, -0.05) is 18.2 Å². The van der Waals surface area contributed by atoms with Crippen LogP contribution in [-0.4, -0.2) is 18.2 Å². The lowest BCUT2D eigenvalue weighted by atomic mass is 10.3. The number of hydrogen-bond acceptors (Lipinski definition) is 3. The van der Waals surface area contributed by atoms with Gasteiger partial charge in [0.05, 0.1) is 27.7 Å². The first-order chi connectivity index (χ1) is 11.4. The van der Waals surface area contributed by atoms with Gasteiger partial charge in [-0.25, -0.2) is 17.5 Å². The highest BCUT2D eigenvalue weighted by Crippen LogP contribution is 2.25. The summed E-state index contributed by atoms with van der Waals surface area (Å²) in [5.74, 6) is -0.488. The van der Waals surface area contributed by atoms with Gasteiger partial charge in [0.25, 0.3) is 10.0 Å². The second-order valence-corrected chi connectivity index (χ2v) is 7.03. The van der Waals surface area contributed by atoms with Crippen LogP contribution in [0, 0.1) is 19.7 Å². The van der Waals surface area contributed by atoms with Gasteiger partial charge in [0.15, 0.2) is 0 Å². The summed E-state index contributed by atoms with van der Waals surface area (Å²) in [5.41, 5.74) is 2.49. The minimum absolute atomic E-state index is 0.00448. The van der Waals surface area contributed by atoms with Crippen molar-refractivity contribution in [1.82, 2.24) is 9.78 Å². The second-order valence-electron chi connectivity index (χ2n) is 5.35. The van der Waals surface area contributed by atoms with Crippen molar-refractivity contribution in [3.63, 3.8) is 0 Å². The Labute approximate surface area is 139 Å². The lowest BCUT2D eigenvalue weighted by Gasteiger charge is -2.09. The molecule has 3 rings (SSSR count). The Kier molecular flexibility index (Phi) is 4.11. The molecule has 0 bridgehead atoms. The predicted molar refractivity (Wildman–Crippen MR) is 90.2 cm³/mol. The SMILES string of the molecule is Cc1nn(-c2ccccc2)c(C)c1NS(=O)(=O)c1ccc(F)cc1. The second kappa shape index (κ2) is 6.09. The number of benzene rings is 2. The maximum absolute atomic E-state index is 13.0. The Morgan fingerprint density at radius 1 is 1.00 bits per heavy atom. The standard InChI is InChI=1S/C17H16FN3O2S/c1-12-17(13(2)21(19-12)15-6-4-3-5-7-15)20-24(22,23)16-10-8-14(18)9-11-16/h3-11,20H,1-2H3. The van der Waals surface area contributed by atoms with Gasteiger partial charge in [0.2, 0.25) is 0 Å². The minimum atomic E-state index is -3.81. The summed E-state index contributed by atoms with van der Waals surface area (Å²) < 4.78 is 42.2. The fourth-order valence-electron chi connectivity index (χ4n) is 2.42. The zero-order valence-corrected chi connectivity index (χ0v) is 14.0. The smallest absolute Gasteiger partial charge is 0.262 e. The van der Waals surface area contributed by atoms with Crippen molar-refractivity contribution < 1.29 is 12.8 Å². The molecule has 0 saturated carbocycles. The molecule has 7 heteroatoms. The Hall–Kier alpha value is -2.67. The molecule has 0 spiro atoms. The number of para-hydroxylation sites is 1. The van der Waals surface area contributed by atoms with Crippen LogP contribution < -0.4 is 4.72 Å². The van der Waals surface area contributed by atoms with E-state index in [1.165, 1.54) is 12.1 Å². The molecule has 0 aliphatic rings. The quantitative estimate of drug-likeness (QED) is 0.788. The van der Waals surface area contributed by atoms with E-state index in [0.717, 1.165) is 17.8 Å². The Bertz CT molecular complexity index is 965. The molecule has 0 atom stereocenters. The first-order valence-corrected chi connectivity index (χ1v) is 8.77. The first kappa shape index (κ1) is 16.2. The van der Waals surface area contributed by atoms with E-state index < -0.39 is 15.8 Å². The molecule has 2 aromatic carbocycles. The molecule has 0 saturated heterocycles. The van der Waals surface area contributed by atoms with Crippen LogP contribution in [0.1, 0.15) is 11.4 Å². The molecule has 5 nitrogen and oxygen atoms in total. The summed E-state index contributed by atoms with van der Waals surface area (Å²) in [6, 6.07) is 14.1. The number of sulfonamides is 1. The van der Waals surface area contributed by atoms with Crippen molar-refractivity contribution in [3.8, 4) is 5.69 Å². The van der Waals surface area contributed by atoms with Crippen LogP contribution in [0.15, 0.2) is 59.5 Å². The summed E-state index contributed by atoms with van der Waals surface area (Å²) in [6.45, 7) is 3.52. The van der Waals surface area contributed by atoms with Crippen LogP contribution in [0.3, 0.4) is 0 Å². The number of hydrogen-bond donors (Lipinski definition) is 1. The van der Waals surface area contributed by atoms with Crippen LogP contribution in [0.5, 0.6) is 0 Å². The summed E-state index contributed by atoms with van der Waals surface area (Å²) >= 11 is 0. The number of halogens is 1. The van der Waals surface area contributed by atoms with E-state index in [2.05, 4.69) is 9.82 Å². The molecule has 1 heterocycles. The van der Waals surface area contributed by atoms with E-state index in [0.29, 0.717) is 17.1 Å². The van der Waals surface area contributed by atoms with Crippen LogP contribution in [0.4, 0.5) is 10.1 Å². The summed E-state index contributed by atoms with van der Waals surface area (Å²) in [4.78, 5) is -0.00448. The fourth-order valence-corrected chi connectivity index (χ4v) is 3.59. The van der Waals surface area contributed by atoms with E-state index in [1.807, 2.05) is 30.3 Å². The third kappa shape index (κ3) is 3.03. The van der Waals surface area contributed by atoms with Crippen LogP contribution in [-0.2, 0) is 10.0 Å². The molecule has 0 fully saturated rings. The topological polar surface area (TPSA) is 64.0 Å². The molecule has 1 N–H and O–H groups in total. The van der Waals surface area contributed by atoms with Gasteiger partial charge in [-0.15, -0.1) is 0 Å². The predicted octanol–water partition coefficient (Wildman–Crippen LogP) is 3.43. The van der Waals surface area contributed by atoms with Gasteiger partial charge in [-0.3, -0.25) is 4.72 Å². The fraction of sp³-hybridized carbons (Fsp3) is 0.118. The van der Waals surface area contributed by atoms with Crippen molar-refractivity contribution in [1.29, 1.82) is 0 Å². The van der Waals surface area contributed by atoms with Gasteiger partial charge in [0, 0.05) is 0 Å². The van der Waals surface area contributed by atoms with E-state index in [-0.39, 0.29) is 4.90 Å². The zero-order valence-electron chi connectivity index (χ0n) is 13.2. The summed E-state index contributed by atoms with van der Waals surface area (Å²) in [5, 5.41) is 4.40. The van der Waals surface area contributed by atoms with E-state index in [1.54, 1.807) is 18.5 Å². The maximum atomic E-state index is 13.0. The van der Waals surface area contributed by atoms with Crippen molar-refractivity contribution in [2.75, 3.05) is 4.72 Å². The Balaban J connectivity index is 1.99. The zero-order chi connectivity index (χ0) is 17.3. The third-order valence-electron chi connectivity index (χ3n) is 3.65. The van der Waals surface area contributed by atoms with Crippen LogP contribution in [0.2, 0.25) is 0 Å². The molecule has 1 aromatic heterocycles. The average molecular weight is 345 g/mol. The van der Waals surface area contributed by atoms with Gasteiger partial charge >= 0.3 is 0 Å². The molecular weight excluding hydrogens is 329 g/mol. The van der Waals surface area contributed by atoms with E-state index in [9.17, 15) is 12.8 Å². The molecule has 0 aliphatic heterocycles. The molecule has 0 radical (unpaired) electrons. The highest BCUT2D eigenvalue weighted by Gasteiger charge is 2.20. The summed E-state index contributed by atoms with van der Waals surface area (Å²) in [6.07, 6.45) is 0. The summed E-state index contributed by atoms with van der Waals surface area (Å²) in [7, 11) is -3.81. The third-order valence-corrected chi connectivity index (χ3v) is 5.02. The van der Waals surface area contributed by atoms with Crippen molar-refractivity contribution in [2.24, 2.45) is 0 Å². The number of aryl methyl sites for hydroxylation is 1. The van der Waals surface area contributed by atoms with Crippen molar-refractivity contribution in [3.05, 3.63) is 71.8 Å². The number of nitrogens with zero attached hydrogens (tertiary/aromatic N) is 2. The van der Waals surface area contributed by atoms with E-state index >= 15 is 0 Å². The number of nitrogens with one attached hydrogen (secondary N) is 1. The Morgan fingerprint density at radius 2 is 1.62 bits per heavy atom. The van der Waals surface area contributed by atoms with Gasteiger partial charge in [-0.05, 0) is 50.2 Å². The molecule has 0 amide bonds. The molecule has 0 aliphatic carbocycles. The normalized spacial score (nSPS) is 11.5. The van der Waals surface area contributed by atoms with Gasteiger partial charge in [-0.2, -0.15) is 5.10 Å². The molecule has 0 unspecified atom stereocenters.